The monoisotopic (exact) mass is 383 g/mol. The fraction of sp³-hybridized carbons (Fsp3) is 0.150. The second kappa shape index (κ2) is 8.64. The Kier molecular flexibility index (Phi) is 6.03. The molecule has 0 saturated heterocycles. The van der Waals surface area contributed by atoms with Gasteiger partial charge in [-0.05, 0) is 31.2 Å². The van der Waals surface area contributed by atoms with Crippen LogP contribution in [0.2, 0.25) is 0 Å². The van der Waals surface area contributed by atoms with Gasteiger partial charge >= 0.3 is 0 Å². The molecule has 1 amide bonds. The molecule has 27 heavy (non-hydrogen) atoms. The molecule has 5 nitrogen and oxygen atoms in total. The van der Waals surface area contributed by atoms with Crippen LogP contribution in [0.5, 0.6) is 0 Å². The van der Waals surface area contributed by atoms with Gasteiger partial charge in [-0.3, -0.25) is 9.59 Å². The van der Waals surface area contributed by atoms with Crippen LogP contribution in [0.1, 0.15) is 16.2 Å². The van der Waals surface area contributed by atoms with Gasteiger partial charge in [-0.15, -0.1) is 11.8 Å². The van der Waals surface area contributed by atoms with Gasteiger partial charge < -0.3 is 5.32 Å². The molecule has 3 rings (SSSR count). The van der Waals surface area contributed by atoms with Crippen LogP contribution in [0.3, 0.4) is 0 Å². The Morgan fingerprint density at radius 1 is 1.15 bits per heavy atom. The molecule has 0 saturated carbocycles. The average molecular weight is 383 g/mol. The Morgan fingerprint density at radius 2 is 1.85 bits per heavy atom. The lowest BCUT2D eigenvalue weighted by molar-refractivity contribution is 0.0948. The first-order valence-corrected chi connectivity index (χ1v) is 9.37. The van der Waals surface area contributed by atoms with Crippen molar-refractivity contribution in [1.29, 1.82) is 0 Å². The van der Waals surface area contributed by atoms with E-state index in [2.05, 4.69) is 10.4 Å². The van der Waals surface area contributed by atoms with Crippen molar-refractivity contribution >= 4 is 17.7 Å². The molecule has 0 radical (unpaired) electrons. The van der Waals surface area contributed by atoms with E-state index in [0.717, 1.165) is 4.90 Å². The normalized spacial score (nSPS) is 10.6. The first-order chi connectivity index (χ1) is 13.1. The SMILES string of the molecule is Cc1cc(=O)c(C(=O)NCCSc2ccccc2)nn1-c1ccccc1F. The van der Waals surface area contributed by atoms with Crippen molar-refractivity contribution in [1.82, 2.24) is 15.1 Å². The predicted octanol–water partition coefficient (Wildman–Crippen LogP) is 3.20. The lowest BCUT2D eigenvalue weighted by Crippen LogP contribution is -2.33. The summed E-state index contributed by atoms with van der Waals surface area (Å²) in [5.74, 6) is -0.399. The minimum absolute atomic E-state index is 0.184. The zero-order valence-electron chi connectivity index (χ0n) is 14.7. The highest BCUT2D eigenvalue weighted by Gasteiger charge is 2.16. The molecule has 2 aromatic carbocycles. The number of thioether (sulfide) groups is 1. The number of amides is 1. The van der Waals surface area contributed by atoms with Crippen molar-refractivity contribution in [3.05, 3.63) is 88.1 Å². The van der Waals surface area contributed by atoms with Gasteiger partial charge in [0.15, 0.2) is 5.69 Å². The van der Waals surface area contributed by atoms with Gasteiger partial charge in [0.25, 0.3) is 5.91 Å². The van der Waals surface area contributed by atoms with Gasteiger partial charge in [0.2, 0.25) is 5.43 Å². The number of carbonyl (C=O) groups excluding carboxylic acids is 1. The summed E-state index contributed by atoms with van der Waals surface area (Å²) in [5, 5.41) is 6.78. The van der Waals surface area contributed by atoms with Gasteiger partial charge in [-0.2, -0.15) is 5.10 Å². The fourth-order valence-electron chi connectivity index (χ4n) is 2.51. The highest BCUT2D eigenvalue weighted by atomic mass is 32.2. The Balaban J connectivity index is 1.72. The number of nitrogens with one attached hydrogen (secondary N) is 1. The summed E-state index contributed by atoms with van der Waals surface area (Å²) in [6.07, 6.45) is 0. The van der Waals surface area contributed by atoms with Gasteiger partial charge in [0.1, 0.15) is 11.5 Å². The van der Waals surface area contributed by atoms with Crippen molar-refractivity contribution in [2.24, 2.45) is 0 Å². The molecular weight excluding hydrogens is 365 g/mol. The summed E-state index contributed by atoms with van der Waals surface area (Å²) < 4.78 is 15.3. The molecule has 0 aliphatic carbocycles. The third-order valence-corrected chi connectivity index (χ3v) is 4.82. The fourth-order valence-corrected chi connectivity index (χ4v) is 3.30. The average Bonchev–Trinajstić information content (AvgIpc) is 2.67. The van der Waals surface area contributed by atoms with Crippen LogP contribution in [0.25, 0.3) is 5.69 Å². The van der Waals surface area contributed by atoms with E-state index in [0.29, 0.717) is 18.0 Å². The summed E-state index contributed by atoms with van der Waals surface area (Å²) >= 11 is 1.60. The van der Waals surface area contributed by atoms with Crippen molar-refractivity contribution in [3.8, 4) is 5.69 Å². The molecule has 1 heterocycles. The highest BCUT2D eigenvalue weighted by Crippen LogP contribution is 2.16. The summed E-state index contributed by atoms with van der Waals surface area (Å²) in [6, 6.07) is 17.2. The van der Waals surface area contributed by atoms with Crippen molar-refractivity contribution in [2.45, 2.75) is 11.8 Å². The standard InChI is InChI=1S/C20H18FN3O2S/c1-14-13-18(25)19(23-24(14)17-10-6-5-9-16(17)21)20(26)22-11-12-27-15-7-3-2-4-8-15/h2-10,13H,11-12H2,1H3,(H,22,26). The third kappa shape index (κ3) is 4.62. The van der Waals surface area contributed by atoms with E-state index in [4.69, 9.17) is 0 Å². The second-order valence-corrected chi connectivity index (χ2v) is 6.95. The van der Waals surface area contributed by atoms with Crippen LogP contribution >= 0.6 is 11.8 Å². The maximum atomic E-state index is 14.1. The Bertz CT molecular complexity index is 1010. The number of benzene rings is 2. The number of para-hydroxylation sites is 1. The zero-order chi connectivity index (χ0) is 19.2. The molecule has 0 fully saturated rings. The largest absolute Gasteiger partial charge is 0.350 e. The van der Waals surface area contributed by atoms with E-state index >= 15 is 0 Å². The Morgan fingerprint density at radius 3 is 2.59 bits per heavy atom. The predicted molar refractivity (Wildman–Crippen MR) is 104 cm³/mol. The Hall–Kier alpha value is -2.93. The van der Waals surface area contributed by atoms with Crippen molar-refractivity contribution in [2.75, 3.05) is 12.3 Å². The highest BCUT2D eigenvalue weighted by molar-refractivity contribution is 7.99. The molecule has 0 spiro atoms. The van der Waals surface area contributed by atoms with Crippen molar-refractivity contribution in [3.63, 3.8) is 0 Å². The number of aromatic nitrogens is 2. The van der Waals surface area contributed by atoms with Gasteiger partial charge in [-0.1, -0.05) is 30.3 Å². The van der Waals surface area contributed by atoms with E-state index in [-0.39, 0.29) is 11.4 Å². The smallest absolute Gasteiger partial charge is 0.275 e. The molecule has 0 aliphatic heterocycles. The van der Waals surface area contributed by atoms with E-state index in [1.54, 1.807) is 30.8 Å². The lowest BCUT2D eigenvalue weighted by atomic mass is 10.2. The number of carbonyl (C=O) groups is 1. The molecule has 0 unspecified atom stereocenters. The molecule has 0 bridgehead atoms. The quantitative estimate of drug-likeness (QED) is 0.524. The second-order valence-electron chi connectivity index (χ2n) is 5.78. The van der Waals surface area contributed by atoms with Crippen LogP contribution in [-0.2, 0) is 0 Å². The molecule has 3 aromatic rings. The first-order valence-electron chi connectivity index (χ1n) is 8.38. The lowest BCUT2D eigenvalue weighted by Gasteiger charge is -2.12. The minimum Gasteiger partial charge on any atom is -0.350 e. The molecular formula is C20H18FN3O2S. The van der Waals surface area contributed by atoms with Crippen LogP contribution in [-0.4, -0.2) is 28.0 Å². The summed E-state index contributed by atoms with van der Waals surface area (Å²) in [4.78, 5) is 25.6. The van der Waals surface area contributed by atoms with Crippen LogP contribution in [0.15, 0.2) is 70.4 Å². The van der Waals surface area contributed by atoms with Gasteiger partial charge in [0, 0.05) is 29.0 Å². The number of rotatable bonds is 6. The number of hydrogen-bond donors (Lipinski definition) is 1. The van der Waals surface area contributed by atoms with Gasteiger partial charge in [0.05, 0.1) is 0 Å². The summed E-state index contributed by atoms with van der Waals surface area (Å²) in [5.41, 5.74) is -0.119. The van der Waals surface area contributed by atoms with E-state index in [9.17, 15) is 14.0 Å². The van der Waals surface area contributed by atoms with E-state index in [1.807, 2.05) is 30.3 Å². The zero-order valence-corrected chi connectivity index (χ0v) is 15.5. The third-order valence-electron chi connectivity index (χ3n) is 3.80. The maximum absolute atomic E-state index is 14.1. The van der Waals surface area contributed by atoms with Gasteiger partial charge in [-0.25, -0.2) is 9.07 Å². The molecule has 1 N–H and O–H groups in total. The van der Waals surface area contributed by atoms with E-state index < -0.39 is 17.2 Å². The first kappa shape index (κ1) is 18.8. The minimum atomic E-state index is -0.571. The summed E-state index contributed by atoms with van der Waals surface area (Å²) in [7, 11) is 0. The number of aryl methyl sites for hydroxylation is 1. The molecule has 1 aromatic heterocycles. The number of nitrogens with zero attached hydrogens (tertiary/aromatic N) is 2. The van der Waals surface area contributed by atoms with Crippen LogP contribution < -0.4 is 10.7 Å². The van der Waals surface area contributed by atoms with Crippen LogP contribution in [0.4, 0.5) is 4.39 Å². The molecule has 138 valence electrons. The topological polar surface area (TPSA) is 64.0 Å². The molecule has 0 atom stereocenters. The molecule has 7 heteroatoms. The Labute approximate surface area is 160 Å². The summed E-state index contributed by atoms with van der Waals surface area (Å²) in [6.45, 7) is 2.02. The van der Waals surface area contributed by atoms with Crippen molar-refractivity contribution < 1.29 is 9.18 Å². The number of halogens is 1. The van der Waals surface area contributed by atoms with Crippen LogP contribution in [0, 0.1) is 12.7 Å². The van der Waals surface area contributed by atoms with E-state index in [1.165, 1.54) is 22.9 Å². The molecule has 0 aliphatic rings. The number of hydrogen-bond acceptors (Lipinski definition) is 4. The maximum Gasteiger partial charge on any atom is 0.275 e.